The second-order valence-electron chi connectivity index (χ2n) is 6.90. The predicted molar refractivity (Wildman–Crippen MR) is 121 cm³/mol. The molecule has 0 fully saturated rings. The van der Waals surface area contributed by atoms with E-state index in [4.69, 9.17) is 25.8 Å². The van der Waals surface area contributed by atoms with E-state index in [0.717, 1.165) is 16.9 Å². The second kappa shape index (κ2) is 9.49. The highest BCUT2D eigenvalue weighted by molar-refractivity contribution is 6.30. The first-order valence-corrected chi connectivity index (χ1v) is 10.2. The predicted octanol–water partition coefficient (Wildman–Crippen LogP) is 5.45. The van der Waals surface area contributed by atoms with Gasteiger partial charge in [-0.25, -0.2) is 9.79 Å². The number of aryl methyl sites for hydroxylation is 1. The van der Waals surface area contributed by atoms with E-state index in [1.807, 2.05) is 61.5 Å². The smallest absolute Gasteiger partial charge is 0.363 e. The topological polar surface area (TPSA) is 57.1 Å². The third-order valence-electron chi connectivity index (χ3n) is 4.50. The molecule has 0 unspecified atom stereocenters. The number of cyclic esters (lactones) is 1. The van der Waals surface area contributed by atoms with Crippen molar-refractivity contribution in [1.82, 2.24) is 0 Å². The standard InChI is InChI=1S/C25H20ClNO4/c1-17-6-5-9-21(14-17)29-12-13-30-23-11-10-20(26)15-19(23)16-22-25(28)31-24(27-22)18-7-3-2-4-8-18/h2-11,14-16H,12-13H2,1H3. The van der Waals surface area contributed by atoms with Crippen molar-refractivity contribution in [1.29, 1.82) is 0 Å². The molecule has 0 aliphatic carbocycles. The molecule has 6 heteroatoms. The molecule has 1 aliphatic heterocycles. The van der Waals surface area contributed by atoms with Gasteiger partial charge in [0.25, 0.3) is 0 Å². The number of esters is 1. The maximum Gasteiger partial charge on any atom is 0.363 e. The number of ether oxygens (including phenoxy) is 3. The molecule has 0 N–H and O–H groups in total. The fraction of sp³-hybridized carbons (Fsp3) is 0.120. The summed E-state index contributed by atoms with van der Waals surface area (Å²) in [6.07, 6.45) is 1.61. The zero-order valence-corrected chi connectivity index (χ0v) is 17.6. The van der Waals surface area contributed by atoms with Crippen LogP contribution in [0.3, 0.4) is 0 Å². The summed E-state index contributed by atoms with van der Waals surface area (Å²) in [5.41, 5.74) is 2.68. The zero-order chi connectivity index (χ0) is 21.6. The van der Waals surface area contributed by atoms with Crippen LogP contribution >= 0.6 is 11.6 Å². The Morgan fingerprint density at radius 1 is 0.968 bits per heavy atom. The van der Waals surface area contributed by atoms with Crippen LogP contribution in [0.2, 0.25) is 5.02 Å². The SMILES string of the molecule is Cc1cccc(OCCOc2ccc(Cl)cc2C=C2N=C(c3ccccc3)OC2=O)c1. The monoisotopic (exact) mass is 433 g/mol. The molecule has 0 amide bonds. The normalized spacial score (nSPS) is 14.3. The summed E-state index contributed by atoms with van der Waals surface area (Å²) >= 11 is 6.16. The Morgan fingerprint density at radius 3 is 2.58 bits per heavy atom. The summed E-state index contributed by atoms with van der Waals surface area (Å²) in [5.74, 6) is 1.11. The summed E-state index contributed by atoms with van der Waals surface area (Å²) in [5, 5.41) is 0.522. The van der Waals surface area contributed by atoms with Crippen molar-refractivity contribution in [2.45, 2.75) is 6.92 Å². The van der Waals surface area contributed by atoms with E-state index in [-0.39, 0.29) is 11.6 Å². The quantitative estimate of drug-likeness (QED) is 0.282. The van der Waals surface area contributed by atoms with Gasteiger partial charge in [-0.1, -0.05) is 41.9 Å². The molecule has 3 aromatic rings. The van der Waals surface area contributed by atoms with Crippen molar-refractivity contribution in [2.75, 3.05) is 13.2 Å². The van der Waals surface area contributed by atoms with E-state index in [2.05, 4.69) is 4.99 Å². The van der Waals surface area contributed by atoms with Gasteiger partial charge in [-0.3, -0.25) is 0 Å². The van der Waals surface area contributed by atoms with Crippen LogP contribution in [0, 0.1) is 6.92 Å². The van der Waals surface area contributed by atoms with E-state index >= 15 is 0 Å². The van der Waals surface area contributed by atoms with Gasteiger partial charge in [0.05, 0.1) is 0 Å². The van der Waals surface area contributed by atoms with Crippen molar-refractivity contribution < 1.29 is 19.0 Å². The van der Waals surface area contributed by atoms with Gasteiger partial charge < -0.3 is 14.2 Å². The molecule has 0 radical (unpaired) electrons. The van der Waals surface area contributed by atoms with Crippen LogP contribution in [0.1, 0.15) is 16.7 Å². The van der Waals surface area contributed by atoms with Gasteiger partial charge in [-0.2, -0.15) is 0 Å². The van der Waals surface area contributed by atoms with Gasteiger partial charge in [0.1, 0.15) is 24.7 Å². The number of hydrogen-bond donors (Lipinski definition) is 0. The molecule has 0 bridgehead atoms. The van der Waals surface area contributed by atoms with Crippen LogP contribution in [-0.2, 0) is 9.53 Å². The first kappa shape index (κ1) is 20.7. The van der Waals surface area contributed by atoms with Crippen LogP contribution in [0.5, 0.6) is 11.5 Å². The number of hydrogen-bond acceptors (Lipinski definition) is 5. The first-order valence-electron chi connectivity index (χ1n) is 9.78. The Labute approximate surface area is 185 Å². The molecule has 0 spiro atoms. The lowest BCUT2D eigenvalue weighted by Gasteiger charge is -2.11. The van der Waals surface area contributed by atoms with Gasteiger partial charge >= 0.3 is 5.97 Å². The molecule has 3 aromatic carbocycles. The molecule has 0 aromatic heterocycles. The molecular weight excluding hydrogens is 414 g/mol. The highest BCUT2D eigenvalue weighted by Gasteiger charge is 2.24. The fourth-order valence-corrected chi connectivity index (χ4v) is 3.22. The Kier molecular flexibility index (Phi) is 6.34. The lowest BCUT2D eigenvalue weighted by Crippen LogP contribution is -2.09. The van der Waals surface area contributed by atoms with Crippen molar-refractivity contribution in [3.8, 4) is 11.5 Å². The number of halogens is 1. The molecule has 0 saturated heterocycles. The molecule has 31 heavy (non-hydrogen) atoms. The first-order chi connectivity index (χ1) is 15.1. The van der Waals surface area contributed by atoms with Crippen LogP contribution < -0.4 is 9.47 Å². The molecule has 0 saturated carbocycles. The van der Waals surface area contributed by atoms with Crippen LogP contribution in [0.4, 0.5) is 0 Å². The summed E-state index contributed by atoms with van der Waals surface area (Å²) in [6, 6.07) is 22.3. The summed E-state index contributed by atoms with van der Waals surface area (Å²) < 4.78 is 16.9. The average Bonchev–Trinajstić information content (AvgIpc) is 3.13. The average molecular weight is 434 g/mol. The van der Waals surface area contributed by atoms with Crippen LogP contribution in [0.15, 0.2) is 83.5 Å². The van der Waals surface area contributed by atoms with Crippen LogP contribution in [0.25, 0.3) is 6.08 Å². The van der Waals surface area contributed by atoms with Gasteiger partial charge in [0, 0.05) is 16.1 Å². The Bertz CT molecular complexity index is 1160. The number of rotatable bonds is 7. The van der Waals surface area contributed by atoms with E-state index < -0.39 is 5.97 Å². The maximum absolute atomic E-state index is 12.3. The van der Waals surface area contributed by atoms with Gasteiger partial charge in [0.2, 0.25) is 5.90 Å². The van der Waals surface area contributed by atoms with Crippen LogP contribution in [-0.4, -0.2) is 25.1 Å². The summed E-state index contributed by atoms with van der Waals surface area (Å²) in [6.45, 7) is 2.71. The number of benzene rings is 3. The minimum Gasteiger partial charge on any atom is -0.490 e. The van der Waals surface area contributed by atoms with Gasteiger partial charge in [0.15, 0.2) is 5.70 Å². The summed E-state index contributed by atoms with van der Waals surface area (Å²) in [4.78, 5) is 16.6. The molecule has 0 atom stereocenters. The fourth-order valence-electron chi connectivity index (χ4n) is 3.04. The lowest BCUT2D eigenvalue weighted by atomic mass is 10.1. The lowest BCUT2D eigenvalue weighted by molar-refractivity contribution is -0.129. The maximum atomic E-state index is 12.3. The second-order valence-corrected chi connectivity index (χ2v) is 7.33. The number of aliphatic imine (C=N–C) groups is 1. The van der Waals surface area contributed by atoms with Crippen molar-refractivity contribution in [3.63, 3.8) is 0 Å². The minimum absolute atomic E-state index is 0.182. The van der Waals surface area contributed by atoms with E-state index in [1.54, 1.807) is 24.3 Å². The van der Waals surface area contributed by atoms with Gasteiger partial charge in [-0.05, 0) is 61.0 Å². The minimum atomic E-state index is -0.521. The Balaban J connectivity index is 1.48. The third kappa shape index (κ3) is 5.32. The molecule has 4 rings (SSSR count). The summed E-state index contributed by atoms with van der Waals surface area (Å²) in [7, 11) is 0. The van der Waals surface area contributed by atoms with E-state index in [1.165, 1.54) is 0 Å². The molecule has 156 valence electrons. The molecule has 5 nitrogen and oxygen atoms in total. The zero-order valence-electron chi connectivity index (χ0n) is 16.9. The highest BCUT2D eigenvalue weighted by Crippen LogP contribution is 2.27. The number of carbonyl (C=O) groups is 1. The third-order valence-corrected chi connectivity index (χ3v) is 4.74. The largest absolute Gasteiger partial charge is 0.490 e. The Morgan fingerprint density at radius 2 is 1.77 bits per heavy atom. The highest BCUT2D eigenvalue weighted by atomic mass is 35.5. The number of nitrogens with zero attached hydrogens (tertiary/aromatic N) is 1. The molecule has 1 aliphatic rings. The van der Waals surface area contributed by atoms with E-state index in [0.29, 0.717) is 29.5 Å². The van der Waals surface area contributed by atoms with Crippen molar-refractivity contribution in [2.24, 2.45) is 4.99 Å². The van der Waals surface area contributed by atoms with Crippen molar-refractivity contribution in [3.05, 3.63) is 100 Å². The molecule has 1 heterocycles. The number of carbonyl (C=O) groups excluding carboxylic acids is 1. The van der Waals surface area contributed by atoms with E-state index in [9.17, 15) is 4.79 Å². The van der Waals surface area contributed by atoms with Gasteiger partial charge in [-0.15, -0.1) is 0 Å². The van der Waals surface area contributed by atoms with Crippen molar-refractivity contribution >= 4 is 29.5 Å². The Hall–Kier alpha value is -3.57. The molecular formula is C25H20ClNO4.